The fourth-order valence-corrected chi connectivity index (χ4v) is 4.91. The van der Waals surface area contributed by atoms with Gasteiger partial charge in [-0.25, -0.2) is 24.3 Å². The average molecular weight is 546 g/mol. The third-order valence-electron chi connectivity index (χ3n) is 5.56. The second-order valence-corrected chi connectivity index (χ2v) is 8.96. The maximum atomic E-state index is 13.4. The van der Waals surface area contributed by atoms with E-state index in [0.29, 0.717) is 36.1 Å². The highest BCUT2D eigenvalue weighted by Crippen LogP contribution is 2.28. The topological polar surface area (TPSA) is 93.1 Å². The second-order valence-electron chi connectivity index (χ2n) is 7.68. The zero-order valence-electron chi connectivity index (χ0n) is 17.0. The molecule has 1 saturated heterocycles. The van der Waals surface area contributed by atoms with Crippen LogP contribution in [0.3, 0.4) is 0 Å². The van der Waals surface area contributed by atoms with Crippen molar-refractivity contribution in [1.82, 2.24) is 25.3 Å². The minimum atomic E-state index is -0.358. The lowest BCUT2D eigenvalue weighted by molar-refractivity contribution is 0.0938. The Morgan fingerprint density at radius 1 is 1.22 bits per heavy atom. The van der Waals surface area contributed by atoms with Crippen molar-refractivity contribution in [2.75, 3.05) is 18.1 Å². The Hall–Kier alpha value is -2.73. The van der Waals surface area contributed by atoms with Crippen LogP contribution in [0, 0.1) is 5.82 Å². The molecule has 0 aliphatic carbocycles. The third kappa shape index (κ3) is 4.29. The number of hydrogen-bond donors (Lipinski definition) is 1. The Balaban J connectivity index is 1.25. The predicted octanol–water partition coefficient (Wildman–Crippen LogP) is 2.92. The molecule has 4 heterocycles. The number of hydrogen-bond acceptors (Lipinski definition) is 7. The summed E-state index contributed by atoms with van der Waals surface area (Å²) in [6.07, 6.45) is 6.34. The monoisotopic (exact) mass is 546 g/mol. The van der Waals surface area contributed by atoms with Gasteiger partial charge in [-0.1, -0.05) is 34.7 Å². The van der Waals surface area contributed by atoms with Crippen molar-refractivity contribution in [3.05, 3.63) is 65.5 Å². The molecule has 1 fully saturated rings. The number of fused-ring (bicyclic) bond motifs is 1. The first-order valence-electron chi connectivity index (χ1n) is 10.3. The average Bonchev–Trinajstić information content (AvgIpc) is 3.18. The maximum absolute atomic E-state index is 13.4. The number of nitrogens with zero attached hydrogens (tertiary/aromatic N) is 5. The molecule has 2 aliphatic heterocycles. The van der Waals surface area contributed by atoms with Crippen LogP contribution in [-0.4, -0.2) is 49.1 Å². The first kappa shape index (κ1) is 21.1. The van der Waals surface area contributed by atoms with Gasteiger partial charge in [0.1, 0.15) is 9.87 Å². The lowest BCUT2D eigenvalue weighted by atomic mass is 10.1. The van der Waals surface area contributed by atoms with Crippen LogP contribution < -0.4 is 10.2 Å². The SMILES string of the molecule is O=C(NC1CCN(c2ncc3c(n2)CCOC3)C1I)c1cnc(-c2cccc(F)c2)nc1. The number of nitrogens with one attached hydrogen (secondary N) is 1. The molecule has 5 rings (SSSR count). The number of ether oxygens (including phenoxy) is 1. The van der Waals surface area contributed by atoms with E-state index >= 15 is 0 Å². The number of aromatic nitrogens is 4. The van der Waals surface area contributed by atoms with Gasteiger partial charge in [-0.2, -0.15) is 0 Å². The van der Waals surface area contributed by atoms with Crippen molar-refractivity contribution >= 4 is 34.4 Å². The Kier molecular flexibility index (Phi) is 5.96. The summed E-state index contributed by atoms with van der Waals surface area (Å²) < 4.78 is 18.9. The number of carbonyl (C=O) groups is 1. The van der Waals surface area contributed by atoms with Gasteiger partial charge in [-0.15, -0.1) is 0 Å². The zero-order chi connectivity index (χ0) is 22.1. The lowest BCUT2D eigenvalue weighted by Crippen LogP contribution is -2.42. The molecule has 0 bridgehead atoms. The molecule has 3 aromatic rings. The van der Waals surface area contributed by atoms with Gasteiger partial charge in [0.15, 0.2) is 5.82 Å². The molecule has 2 aliphatic rings. The van der Waals surface area contributed by atoms with Gasteiger partial charge in [-0.3, -0.25) is 4.79 Å². The van der Waals surface area contributed by atoms with E-state index in [1.807, 2.05) is 6.20 Å². The summed E-state index contributed by atoms with van der Waals surface area (Å²) >= 11 is 2.32. The van der Waals surface area contributed by atoms with Crippen LogP contribution in [0.5, 0.6) is 0 Å². The second kappa shape index (κ2) is 9.02. The Bertz CT molecular complexity index is 1150. The molecule has 10 heteroatoms. The largest absolute Gasteiger partial charge is 0.376 e. The number of alkyl halides is 1. The van der Waals surface area contributed by atoms with E-state index < -0.39 is 0 Å². The Morgan fingerprint density at radius 2 is 2.06 bits per heavy atom. The van der Waals surface area contributed by atoms with Crippen molar-refractivity contribution < 1.29 is 13.9 Å². The molecule has 0 spiro atoms. The van der Waals surface area contributed by atoms with E-state index in [-0.39, 0.29) is 21.8 Å². The van der Waals surface area contributed by atoms with Crippen LogP contribution in [0.4, 0.5) is 10.3 Å². The highest BCUT2D eigenvalue weighted by Gasteiger charge is 2.35. The molecule has 0 radical (unpaired) electrons. The fourth-order valence-electron chi connectivity index (χ4n) is 3.84. The molecule has 2 atom stereocenters. The van der Waals surface area contributed by atoms with Crippen LogP contribution in [-0.2, 0) is 17.8 Å². The molecule has 1 N–H and O–H groups in total. The van der Waals surface area contributed by atoms with Crippen LogP contribution >= 0.6 is 22.6 Å². The van der Waals surface area contributed by atoms with E-state index in [2.05, 4.69) is 47.8 Å². The smallest absolute Gasteiger partial charge is 0.254 e. The fraction of sp³-hybridized carbons (Fsp3) is 0.318. The van der Waals surface area contributed by atoms with Crippen molar-refractivity contribution in [3.63, 3.8) is 0 Å². The summed E-state index contributed by atoms with van der Waals surface area (Å²) in [5.41, 5.74) is 2.99. The number of rotatable bonds is 4. The maximum Gasteiger partial charge on any atom is 0.254 e. The van der Waals surface area contributed by atoms with Crippen LogP contribution in [0.2, 0.25) is 0 Å². The summed E-state index contributed by atoms with van der Waals surface area (Å²) in [6.45, 7) is 1.99. The molecular weight excluding hydrogens is 526 g/mol. The molecule has 8 nitrogen and oxygen atoms in total. The summed E-state index contributed by atoms with van der Waals surface area (Å²) in [5, 5.41) is 3.07. The van der Waals surface area contributed by atoms with Crippen molar-refractivity contribution in [1.29, 1.82) is 0 Å². The molecule has 32 heavy (non-hydrogen) atoms. The zero-order valence-corrected chi connectivity index (χ0v) is 19.2. The standard InChI is InChI=1S/C22H20FIN6O2/c23-16-3-1-2-13(8-16)20-25-9-14(10-26-20)21(31)28-18-4-6-30(19(18)24)22-27-11-15-12-32-7-5-17(15)29-22/h1-3,8-11,18-19H,4-7,12H2,(H,28,31). The van der Waals surface area contributed by atoms with Crippen molar-refractivity contribution in [2.45, 2.75) is 29.5 Å². The van der Waals surface area contributed by atoms with Gasteiger partial charge in [0.05, 0.1) is 30.5 Å². The van der Waals surface area contributed by atoms with E-state index in [1.54, 1.807) is 12.1 Å². The number of amides is 1. The van der Waals surface area contributed by atoms with Gasteiger partial charge in [0.25, 0.3) is 5.91 Å². The number of carbonyl (C=O) groups excluding carboxylic acids is 1. The Labute approximate surface area is 197 Å². The lowest BCUT2D eigenvalue weighted by Gasteiger charge is -2.25. The van der Waals surface area contributed by atoms with E-state index in [1.165, 1.54) is 24.5 Å². The van der Waals surface area contributed by atoms with Gasteiger partial charge >= 0.3 is 0 Å². The summed E-state index contributed by atoms with van der Waals surface area (Å²) in [4.78, 5) is 32.6. The highest BCUT2D eigenvalue weighted by molar-refractivity contribution is 14.1. The third-order valence-corrected chi connectivity index (χ3v) is 7.10. The first-order valence-corrected chi connectivity index (χ1v) is 11.5. The van der Waals surface area contributed by atoms with Crippen molar-refractivity contribution in [2.24, 2.45) is 0 Å². The highest BCUT2D eigenvalue weighted by atomic mass is 127. The molecule has 164 valence electrons. The number of halogens is 2. The van der Waals surface area contributed by atoms with Gasteiger partial charge in [0, 0.05) is 42.7 Å². The molecule has 2 aromatic heterocycles. The number of anilines is 1. The van der Waals surface area contributed by atoms with Crippen LogP contribution in [0.15, 0.2) is 42.9 Å². The summed E-state index contributed by atoms with van der Waals surface area (Å²) in [7, 11) is 0. The van der Waals surface area contributed by atoms with Crippen molar-refractivity contribution in [3.8, 4) is 11.4 Å². The molecule has 1 aromatic carbocycles. The number of benzene rings is 1. The minimum absolute atomic E-state index is 0.0157. The normalized spacial score (nSPS) is 20.1. The molecular formula is C22H20FIN6O2. The van der Waals surface area contributed by atoms with E-state index in [0.717, 1.165) is 30.6 Å². The quantitative estimate of drug-likeness (QED) is 0.306. The van der Waals surface area contributed by atoms with Gasteiger partial charge < -0.3 is 15.0 Å². The summed E-state index contributed by atoms with van der Waals surface area (Å²) in [5.74, 6) is 0.454. The molecule has 1 amide bonds. The van der Waals surface area contributed by atoms with Crippen LogP contribution in [0.1, 0.15) is 28.0 Å². The van der Waals surface area contributed by atoms with Gasteiger partial charge in [-0.05, 0) is 18.6 Å². The Morgan fingerprint density at radius 3 is 2.88 bits per heavy atom. The van der Waals surface area contributed by atoms with E-state index in [9.17, 15) is 9.18 Å². The minimum Gasteiger partial charge on any atom is -0.376 e. The molecule has 2 unspecified atom stereocenters. The molecule has 0 saturated carbocycles. The predicted molar refractivity (Wildman–Crippen MR) is 124 cm³/mol. The first-order chi connectivity index (χ1) is 15.6. The van der Waals surface area contributed by atoms with Crippen LogP contribution in [0.25, 0.3) is 11.4 Å². The summed E-state index contributed by atoms with van der Waals surface area (Å²) in [6, 6.07) is 5.98. The van der Waals surface area contributed by atoms with E-state index in [4.69, 9.17) is 9.72 Å². The van der Waals surface area contributed by atoms with Gasteiger partial charge in [0.2, 0.25) is 5.95 Å².